The third-order valence-electron chi connectivity index (χ3n) is 3.65. The van der Waals surface area contributed by atoms with Crippen molar-refractivity contribution in [2.75, 3.05) is 6.61 Å². The Morgan fingerprint density at radius 2 is 2.22 bits per heavy atom. The summed E-state index contributed by atoms with van der Waals surface area (Å²) in [6.07, 6.45) is 3.94. The molecule has 1 aromatic rings. The molecular formula is C15H25NO2. The molecule has 3 nitrogen and oxygen atoms in total. The SMILES string of the molecule is CC(C)OCCn1ccc2c1CC(C)(C)CC2O. The monoisotopic (exact) mass is 251 g/mol. The standard InChI is InChI=1S/C15H25NO2/c1-11(2)18-8-7-16-6-5-12-13(16)9-15(3,4)10-14(12)17/h5-6,11,14,17H,7-10H2,1-4H3. The Balaban J connectivity index is 2.10. The molecule has 1 aromatic heterocycles. The Morgan fingerprint density at radius 3 is 2.89 bits per heavy atom. The Hall–Kier alpha value is -0.800. The number of hydrogen-bond donors (Lipinski definition) is 1. The number of aliphatic hydroxyl groups is 1. The van der Waals surface area contributed by atoms with E-state index in [0.29, 0.717) is 0 Å². The summed E-state index contributed by atoms with van der Waals surface area (Å²) < 4.78 is 7.84. The van der Waals surface area contributed by atoms with E-state index in [0.717, 1.165) is 31.6 Å². The molecule has 0 saturated heterocycles. The van der Waals surface area contributed by atoms with Crippen molar-refractivity contribution in [2.24, 2.45) is 5.41 Å². The van der Waals surface area contributed by atoms with E-state index < -0.39 is 0 Å². The number of hydrogen-bond acceptors (Lipinski definition) is 2. The molecule has 1 atom stereocenters. The lowest BCUT2D eigenvalue weighted by molar-refractivity contribution is 0.0700. The Labute approximate surface area is 110 Å². The summed E-state index contributed by atoms with van der Waals surface area (Å²) in [4.78, 5) is 0. The second-order valence-electron chi connectivity index (χ2n) is 6.39. The van der Waals surface area contributed by atoms with Crippen molar-refractivity contribution in [2.45, 2.75) is 59.3 Å². The summed E-state index contributed by atoms with van der Waals surface area (Å²) in [6, 6.07) is 2.06. The topological polar surface area (TPSA) is 34.4 Å². The summed E-state index contributed by atoms with van der Waals surface area (Å²) in [5.41, 5.74) is 2.58. The van der Waals surface area contributed by atoms with E-state index in [2.05, 4.69) is 44.5 Å². The summed E-state index contributed by atoms with van der Waals surface area (Å²) >= 11 is 0. The van der Waals surface area contributed by atoms with E-state index in [1.165, 1.54) is 5.69 Å². The molecule has 0 radical (unpaired) electrons. The fourth-order valence-corrected chi connectivity index (χ4v) is 2.78. The first-order valence-corrected chi connectivity index (χ1v) is 6.86. The van der Waals surface area contributed by atoms with Crippen LogP contribution in [0.4, 0.5) is 0 Å². The van der Waals surface area contributed by atoms with Gasteiger partial charge in [-0.1, -0.05) is 13.8 Å². The maximum absolute atomic E-state index is 10.2. The van der Waals surface area contributed by atoms with Gasteiger partial charge in [0.25, 0.3) is 0 Å². The van der Waals surface area contributed by atoms with E-state index in [-0.39, 0.29) is 17.6 Å². The molecule has 1 unspecified atom stereocenters. The lowest BCUT2D eigenvalue weighted by atomic mass is 9.75. The molecule has 0 spiro atoms. The van der Waals surface area contributed by atoms with Gasteiger partial charge in [-0.25, -0.2) is 0 Å². The Bertz CT molecular complexity index is 407. The minimum Gasteiger partial charge on any atom is -0.388 e. The highest BCUT2D eigenvalue weighted by molar-refractivity contribution is 5.29. The van der Waals surface area contributed by atoms with Crippen molar-refractivity contribution in [3.63, 3.8) is 0 Å². The minimum absolute atomic E-state index is 0.182. The first-order valence-electron chi connectivity index (χ1n) is 6.86. The quantitative estimate of drug-likeness (QED) is 0.893. The van der Waals surface area contributed by atoms with Gasteiger partial charge in [-0.3, -0.25) is 0 Å². The van der Waals surface area contributed by atoms with E-state index in [9.17, 15) is 5.11 Å². The zero-order valence-electron chi connectivity index (χ0n) is 11.9. The summed E-state index contributed by atoms with van der Waals surface area (Å²) in [6.45, 7) is 10.2. The number of rotatable bonds is 4. The van der Waals surface area contributed by atoms with Crippen molar-refractivity contribution >= 4 is 0 Å². The lowest BCUT2D eigenvalue weighted by Crippen LogP contribution is -2.27. The van der Waals surface area contributed by atoms with Gasteiger partial charge in [-0.05, 0) is 38.2 Å². The number of ether oxygens (including phenoxy) is 1. The van der Waals surface area contributed by atoms with Crippen molar-refractivity contribution < 1.29 is 9.84 Å². The minimum atomic E-state index is -0.309. The third-order valence-corrected chi connectivity index (χ3v) is 3.65. The predicted molar refractivity (Wildman–Crippen MR) is 72.6 cm³/mol. The van der Waals surface area contributed by atoms with Gasteiger partial charge in [-0.2, -0.15) is 0 Å². The van der Waals surface area contributed by atoms with E-state index >= 15 is 0 Å². The van der Waals surface area contributed by atoms with Crippen LogP contribution in [0.5, 0.6) is 0 Å². The maximum Gasteiger partial charge on any atom is 0.0812 e. The molecule has 1 aliphatic rings. The molecule has 1 N–H and O–H groups in total. The van der Waals surface area contributed by atoms with Crippen LogP contribution in [0, 0.1) is 5.41 Å². The first kappa shape index (κ1) is 13.6. The van der Waals surface area contributed by atoms with Crippen LogP contribution < -0.4 is 0 Å². The van der Waals surface area contributed by atoms with Gasteiger partial charge in [0.15, 0.2) is 0 Å². The third kappa shape index (κ3) is 2.96. The fourth-order valence-electron chi connectivity index (χ4n) is 2.78. The largest absolute Gasteiger partial charge is 0.388 e. The second kappa shape index (κ2) is 5.06. The zero-order valence-corrected chi connectivity index (χ0v) is 11.9. The van der Waals surface area contributed by atoms with E-state index in [1.807, 2.05) is 0 Å². The second-order valence-corrected chi connectivity index (χ2v) is 6.39. The Kier molecular flexibility index (Phi) is 3.83. The summed E-state index contributed by atoms with van der Waals surface area (Å²) in [7, 11) is 0. The highest BCUT2D eigenvalue weighted by atomic mass is 16.5. The molecule has 0 bridgehead atoms. The molecule has 102 valence electrons. The van der Waals surface area contributed by atoms with Crippen LogP contribution in [0.3, 0.4) is 0 Å². The van der Waals surface area contributed by atoms with Crippen LogP contribution in [0.25, 0.3) is 0 Å². The van der Waals surface area contributed by atoms with Gasteiger partial charge in [0, 0.05) is 24.0 Å². The van der Waals surface area contributed by atoms with Crippen LogP contribution in [0.15, 0.2) is 12.3 Å². The normalized spacial score (nSPS) is 22.2. The van der Waals surface area contributed by atoms with Gasteiger partial charge in [0.2, 0.25) is 0 Å². The maximum atomic E-state index is 10.2. The molecule has 1 heterocycles. The van der Waals surface area contributed by atoms with Crippen LogP contribution in [0.1, 0.15) is 51.5 Å². The molecule has 0 amide bonds. The molecule has 2 rings (SSSR count). The Morgan fingerprint density at radius 1 is 1.50 bits per heavy atom. The van der Waals surface area contributed by atoms with Gasteiger partial charge in [-0.15, -0.1) is 0 Å². The van der Waals surface area contributed by atoms with Crippen LogP contribution >= 0.6 is 0 Å². The predicted octanol–water partition coefficient (Wildman–Crippen LogP) is 2.92. The fraction of sp³-hybridized carbons (Fsp3) is 0.733. The summed E-state index contributed by atoms with van der Waals surface area (Å²) in [5, 5.41) is 10.2. The van der Waals surface area contributed by atoms with Crippen LogP contribution in [-0.2, 0) is 17.7 Å². The molecular weight excluding hydrogens is 226 g/mol. The van der Waals surface area contributed by atoms with Crippen LogP contribution in [0.2, 0.25) is 0 Å². The van der Waals surface area contributed by atoms with Crippen molar-refractivity contribution in [3.8, 4) is 0 Å². The number of nitrogens with zero attached hydrogens (tertiary/aromatic N) is 1. The van der Waals surface area contributed by atoms with Crippen molar-refractivity contribution in [3.05, 3.63) is 23.5 Å². The highest BCUT2D eigenvalue weighted by Crippen LogP contribution is 2.40. The van der Waals surface area contributed by atoms with Crippen molar-refractivity contribution in [1.29, 1.82) is 0 Å². The number of fused-ring (bicyclic) bond motifs is 1. The van der Waals surface area contributed by atoms with Crippen LogP contribution in [-0.4, -0.2) is 22.4 Å². The molecule has 0 aromatic carbocycles. The molecule has 3 heteroatoms. The smallest absolute Gasteiger partial charge is 0.0812 e. The summed E-state index contributed by atoms with van der Waals surface area (Å²) in [5.74, 6) is 0. The van der Waals surface area contributed by atoms with E-state index in [4.69, 9.17) is 4.74 Å². The van der Waals surface area contributed by atoms with Gasteiger partial charge >= 0.3 is 0 Å². The first-order chi connectivity index (χ1) is 8.39. The number of aromatic nitrogens is 1. The molecule has 0 fully saturated rings. The molecule has 0 aliphatic heterocycles. The van der Waals surface area contributed by atoms with Gasteiger partial charge < -0.3 is 14.4 Å². The molecule has 18 heavy (non-hydrogen) atoms. The van der Waals surface area contributed by atoms with Gasteiger partial charge in [0.1, 0.15) is 0 Å². The number of aliphatic hydroxyl groups excluding tert-OH is 1. The van der Waals surface area contributed by atoms with Crippen molar-refractivity contribution in [1.82, 2.24) is 4.57 Å². The lowest BCUT2D eigenvalue weighted by Gasteiger charge is -2.34. The van der Waals surface area contributed by atoms with Gasteiger partial charge in [0.05, 0.1) is 18.8 Å². The average Bonchev–Trinajstić information content (AvgIpc) is 2.59. The zero-order chi connectivity index (χ0) is 13.3. The van der Waals surface area contributed by atoms with E-state index in [1.54, 1.807) is 0 Å². The average molecular weight is 251 g/mol. The molecule has 0 saturated carbocycles. The molecule has 1 aliphatic carbocycles. The highest BCUT2D eigenvalue weighted by Gasteiger charge is 2.32.